The number of halogens is 3. The summed E-state index contributed by atoms with van der Waals surface area (Å²) in [6, 6.07) is 3.91. The highest BCUT2D eigenvalue weighted by Gasteiger charge is 2.30. The van der Waals surface area contributed by atoms with Crippen molar-refractivity contribution in [2.75, 3.05) is 5.32 Å². The fourth-order valence-corrected chi connectivity index (χ4v) is 2.17. The van der Waals surface area contributed by atoms with Crippen LogP contribution in [0.1, 0.15) is 25.1 Å². The largest absolute Gasteiger partial charge is 0.416 e. The van der Waals surface area contributed by atoms with Crippen molar-refractivity contribution in [2.24, 2.45) is 5.92 Å². The highest BCUT2D eigenvalue weighted by atomic mass is 19.4. The van der Waals surface area contributed by atoms with Crippen LogP contribution < -0.4 is 10.6 Å². The molecule has 1 aromatic carbocycles. The van der Waals surface area contributed by atoms with Gasteiger partial charge in [0, 0.05) is 18.4 Å². The van der Waals surface area contributed by atoms with Gasteiger partial charge in [-0.1, -0.05) is 19.9 Å². The number of hydrogen-bond acceptors (Lipinski definition) is 2. The molecule has 1 heterocycles. The van der Waals surface area contributed by atoms with Crippen LogP contribution >= 0.6 is 0 Å². The normalized spacial score (nSPS) is 11.6. The zero-order valence-corrected chi connectivity index (χ0v) is 13.4. The predicted octanol–water partition coefficient (Wildman–Crippen LogP) is 3.88. The Morgan fingerprint density at radius 1 is 1.33 bits per heavy atom. The van der Waals surface area contributed by atoms with E-state index in [9.17, 15) is 18.0 Å². The smallest absolute Gasteiger partial charge is 0.333 e. The summed E-state index contributed by atoms with van der Waals surface area (Å²) in [5.41, 5.74) is 0.0937. The molecule has 0 unspecified atom stereocenters. The lowest BCUT2D eigenvalue weighted by Crippen LogP contribution is -2.29. The molecule has 130 valence electrons. The topological polar surface area (TPSA) is 59.0 Å². The van der Waals surface area contributed by atoms with Crippen LogP contribution in [0.5, 0.6) is 0 Å². The Hall–Kier alpha value is -2.51. The number of anilines is 1. The number of urea groups is 1. The Labute approximate surface area is 137 Å². The number of carbonyl (C=O) groups excluding carboxylic acids is 1. The van der Waals surface area contributed by atoms with Gasteiger partial charge in [0.1, 0.15) is 0 Å². The van der Waals surface area contributed by atoms with E-state index in [2.05, 4.69) is 29.5 Å². The molecule has 0 aliphatic rings. The second-order valence-electron chi connectivity index (χ2n) is 5.82. The third-order valence-corrected chi connectivity index (χ3v) is 3.24. The van der Waals surface area contributed by atoms with Gasteiger partial charge in [-0.3, -0.25) is 0 Å². The summed E-state index contributed by atoms with van der Waals surface area (Å²) in [7, 11) is 0. The van der Waals surface area contributed by atoms with Crippen LogP contribution in [0, 0.1) is 5.92 Å². The summed E-state index contributed by atoms with van der Waals surface area (Å²) in [5, 5.41) is 5.01. The molecular weight excluding hydrogens is 321 g/mol. The highest BCUT2D eigenvalue weighted by Crippen LogP contribution is 2.30. The number of nitrogens with zero attached hydrogens (tertiary/aromatic N) is 2. The van der Waals surface area contributed by atoms with Crippen molar-refractivity contribution in [1.29, 1.82) is 0 Å². The van der Waals surface area contributed by atoms with Crippen molar-refractivity contribution in [3.8, 4) is 0 Å². The number of imidazole rings is 1. The Balaban J connectivity index is 1.94. The standard InChI is InChI=1S/C16H19F3N4O/c1-11(2)9-23-10-20-7-14(23)8-21-15(24)22-13-5-3-4-12(6-13)16(17,18)19/h3-7,10-11H,8-9H2,1-2H3,(H2,21,22,24). The molecule has 0 fully saturated rings. The number of amides is 2. The first-order valence-corrected chi connectivity index (χ1v) is 7.47. The van der Waals surface area contributed by atoms with Gasteiger partial charge < -0.3 is 15.2 Å². The van der Waals surface area contributed by atoms with Crippen molar-refractivity contribution in [1.82, 2.24) is 14.9 Å². The third kappa shape index (κ3) is 5.00. The number of carbonyl (C=O) groups is 1. The van der Waals surface area contributed by atoms with E-state index in [1.54, 1.807) is 12.5 Å². The molecule has 0 aliphatic heterocycles. The summed E-state index contributed by atoms with van der Waals surface area (Å²) in [4.78, 5) is 15.9. The van der Waals surface area contributed by atoms with E-state index in [0.29, 0.717) is 5.92 Å². The molecule has 0 atom stereocenters. The first-order chi connectivity index (χ1) is 11.3. The Kier molecular flexibility index (Phi) is 5.48. The quantitative estimate of drug-likeness (QED) is 0.868. The van der Waals surface area contributed by atoms with Gasteiger partial charge in [-0.25, -0.2) is 9.78 Å². The second-order valence-corrected chi connectivity index (χ2v) is 5.82. The zero-order valence-electron chi connectivity index (χ0n) is 13.4. The van der Waals surface area contributed by atoms with Crippen molar-refractivity contribution < 1.29 is 18.0 Å². The van der Waals surface area contributed by atoms with Crippen molar-refractivity contribution >= 4 is 11.7 Å². The van der Waals surface area contributed by atoms with Crippen molar-refractivity contribution in [2.45, 2.75) is 33.1 Å². The Bertz CT molecular complexity index is 695. The van der Waals surface area contributed by atoms with E-state index in [1.807, 2.05) is 4.57 Å². The summed E-state index contributed by atoms with van der Waals surface area (Å²) in [5.74, 6) is 0.428. The molecule has 0 saturated carbocycles. The number of nitrogens with one attached hydrogen (secondary N) is 2. The minimum absolute atomic E-state index is 0.0815. The molecule has 1 aromatic heterocycles. The van der Waals surface area contributed by atoms with E-state index >= 15 is 0 Å². The monoisotopic (exact) mass is 340 g/mol. The van der Waals surface area contributed by atoms with E-state index in [-0.39, 0.29) is 12.2 Å². The molecule has 0 radical (unpaired) electrons. The van der Waals surface area contributed by atoms with E-state index < -0.39 is 17.8 Å². The molecule has 2 amide bonds. The van der Waals surface area contributed by atoms with Gasteiger partial charge in [0.2, 0.25) is 0 Å². The van der Waals surface area contributed by atoms with Gasteiger partial charge in [0.05, 0.1) is 24.1 Å². The molecule has 2 rings (SSSR count). The fourth-order valence-electron chi connectivity index (χ4n) is 2.17. The minimum atomic E-state index is -4.45. The molecule has 0 saturated heterocycles. The van der Waals surface area contributed by atoms with Crippen LogP contribution in [0.15, 0.2) is 36.8 Å². The molecule has 0 spiro atoms. The Morgan fingerprint density at radius 2 is 2.08 bits per heavy atom. The lowest BCUT2D eigenvalue weighted by atomic mass is 10.2. The van der Waals surface area contributed by atoms with E-state index in [0.717, 1.165) is 24.4 Å². The first-order valence-electron chi connectivity index (χ1n) is 7.47. The molecule has 5 nitrogen and oxygen atoms in total. The molecule has 2 aromatic rings. The molecule has 8 heteroatoms. The van der Waals surface area contributed by atoms with Gasteiger partial charge in [0.15, 0.2) is 0 Å². The van der Waals surface area contributed by atoms with Gasteiger partial charge in [-0.15, -0.1) is 0 Å². The van der Waals surface area contributed by atoms with Gasteiger partial charge in [-0.2, -0.15) is 13.2 Å². The van der Waals surface area contributed by atoms with Gasteiger partial charge in [0.25, 0.3) is 0 Å². The van der Waals surface area contributed by atoms with Crippen molar-refractivity contribution in [3.05, 3.63) is 48.0 Å². The third-order valence-electron chi connectivity index (χ3n) is 3.24. The molecule has 24 heavy (non-hydrogen) atoms. The summed E-state index contributed by atoms with van der Waals surface area (Å²) in [6.45, 7) is 5.14. The van der Waals surface area contributed by atoms with Crippen LogP contribution in [-0.2, 0) is 19.3 Å². The first kappa shape index (κ1) is 17.8. The van der Waals surface area contributed by atoms with Crippen LogP contribution in [0.3, 0.4) is 0 Å². The number of benzene rings is 1. The molecule has 2 N–H and O–H groups in total. The van der Waals surface area contributed by atoms with E-state index in [1.165, 1.54) is 12.1 Å². The average Bonchev–Trinajstić information content (AvgIpc) is 2.91. The zero-order chi connectivity index (χ0) is 17.7. The maximum atomic E-state index is 12.6. The summed E-state index contributed by atoms with van der Waals surface area (Å²) in [6.07, 6.45) is -1.12. The number of aromatic nitrogens is 2. The molecule has 0 aliphatic carbocycles. The maximum Gasteiger partial charge on any atom is 0.416 e. The molecule has 0 bridgehead atoms. The Morgan fingerprint density at radius 3 is 2.75 bits per heavy atom. The lowest BCUT2D eigenvalue weighted by molar-refractivity contribution is -0.137. The highest BCUT2D eigenvalue weighted by molar-refractivity contribution is 5.89. The predicted molar refractivity (Wildman–Crippen MR) is 84.4 cm³/mol. The van der Waals surface area contributed by atoms with Crippen LogP contribution in [0.4, 0.5) is 23.7 Å². The average molecular weight is 340 g/mol. The van der Waals surface area contributed by atoms with Crippen molar-refractivity contribution in [3.63, 3.8) is 0 Å². The van der Waals surface area contributed by atoms with Crippen LogP contribution in [0.2, 0.25) is 0 Å². The lowest BCUT2D eigenvalue weighted by Gasteiger charge is -2.12. The number of hydrogen-bond donors (Lipinski definition) is 2. The summed E-state index contributed by atoms with van der Waals surface area (Å²) < 4.78 is 39.9. The van der Waals surface area contributed by atoms with Gasteiger partial charge in [-0.05, 0) is 24.1 Å². The maximum absolute atomic E-state index is 12.6. The number of alkyl halides is 3. The van der Waals surface area contributed by atoms with Crippen LogP contribution in [-0.4, -0.2) is 15.6 Å². The fraction of sp³-hybridized carbons (Fsp3) is 0.375. The number of rotatable bonds is 5. The summed E-state index contributed by atoms with van der Waals surface area (Å²) >= 11 is 0. The van der Waals surface area contributed by atoms with Crippen LogP contribution in [0.25, 0.3) is 0 Å². The van der Waals surface area contributed by atoms with Gasteiger partial charge >= 0.3 is 12.2 Å². The molecular formula is C16H19F3N4O. The second kappa shape index (κ2) is 7.37. The SMILES string of the molecule is CC(C)Cn1cncc1CNC(=O)Nc1cccc(C(F)(F)F)c1. The van der Waals surface area contributed by atoms with E-state index in [4.69, 9.17) is 0 Å². The minimum Gasteiger partial charge on any atom is -0.333 e.